The largest absolute Gasteiger partial charge is 0.348 e. The minimum absolute atomic E-state index is 0.00970. The van der Waals surface area contributed by atoms with Crippen molar-refractivity contribution in [3.05, 3.63) is 70.8 Å². The Morgan fingerprint density at radius 3 is 2.29 bits per heavy atom. The molecule has 24 heavy (non-hydrogen) atoms. The number of hydrogen-bond acceptors (Lipinski definition) is 2. The second-order valence-corrected chi connectivity index (χ2v) is 6.09. The fourth-order valence-electron chi connectivity index (χ4n) is 3.03. The molecule has 0 saturated carbocycles. The minimum Gasteiger partial charge on any atom is -0.348 e. The van der Waals surface area contributed by atoms with Crippen LogP contribution in [0, 0.1) is 11.6 Å². The van der Waals surface area contributed by atoms with Crippen LogP contribution in [0.15, 0.2) is 42.5 Å². The summed E-state index contributed by atoms with van der Waals surface area (Å²) in [5.74, 6) is -1.99. The number of carbonyl (C=O) groups is 1. The van der Waals surface area contributed by atoms with E-state index in [4.69, 9.17) is 0 Å². The van der Waals surface area contributed by atoms with Crippen molar-refractivity contribution < 1.29 is 13.6 Å². The number of benzene rings is 2. The number of amides is 1. The van der Waals surface area contributed by atoms with Gasteiger partial charge in [-0.25, -0.2) is 8.78 Å². The fourth-order valence-corrected chi connectivity index (χ4v) is 3.03. The van der Waals surface area contributed by atoms with Gasteiger partial charge in [0.25, 0.3) is 5.91 Å². The SMILES string of the molecule is O=C(NCc1ccccc1CN1CCCC1)c1cc(F)cc(F)c1. The van der Waals surface area contributed by atoms with E-state index in [2.05, 4.69) is 16.3 Å². The third kappa shape index (κ3) is 4.17. The quantitative estimate of drug-likeness (QED) is 0.910. The third-order valence-corrected chi connectivity index (χ3v) is 4.28. The number of halogens is 2. The first kappa shape index (κ1) is 16.6. The van der Waals surface area contributed by atoms with Gasteiger partial charge in [0.2, 0.25) is 0 Å². The Labute approximate surface area is 140 Å². The normalized spacial score (nSPS) is 14.8. The molecular weight excluding hydrogens is 310 g/mol. The highest BCUT2D eigenvalue weighted by Crippen LogP contribution is 2.16. The van der Waals surface area contributed by atoms with Gasteiger partial charge in [-0.3, -0.25) is 9.69 Å². The maximum Gasteiger partial charge on any atom is 0.251 e. The van der Waals surface area contributed by atoms with E-state index in [1.54, 1.807) is 0 Å². The van der Waals surface area contributed by atoms with E-state index >= 15 is 0 Å². The van der Waals surface area contributed by atoms with Crippen molar-refractivity contribution in [2.24, 2.45) is 0 Å². The molecule has 0 spiro atoms. The van der Waals surface area contributed by atoms with Gasteiger partial charge in [0.05, 0.1) is 0 Å². The van der Waals surface area contributed by atoms with E-state index in [1.165, 1.54) is 18.4 Å². The number of carbonyl (C=O) groups excluding carboxylic acids is 1. The van der Waals surface area contributed by atoms with Crippen LogP contribution in [-0.2, 0) is 13.1 Å². The van der Waals surface area contributed by atoms with Gasteiger partial charge in [-0.2, -0.15) is 0 Å². The van der Waals surface area contributed by atoms with Crippen molar-refractivity contribution in [3.8, 4) is 0 Å². The van der Waals surface area contributed by atoms with Crippen LogP contribution >= 0.6 is 0 Å². The highest BCUT2D eigenvalue weighted by atomic mass is 19.1. The maximum atomic E-state index is 13.2. The van der Waals surface area contributed by atoms with Crippen LogP contribution in [0.4, 0.5) is 8.78 Å². The smallest absolute Gasteiger partial charge is 0.251 e. The second-order valence-electron chi connectivity index (χ2n) is 6.09. The average molecular weight is 330 g/mol. The van der Waals surface area contributed by atoms with Gasteiger partial charge in [-0.05, 0) is 49.2 Å². The Kier molecular flexibility index (Phi) is 5.20. The minimum atomic E-state index is -0.755. The summed E-state index contributed by atoms with van der Waals surface area (Å²) in [5.41, 5.74) is 2.18. The zero-order chi connectivity index (χ0) is 16.9. The number of hydrogen-bond donors (Lipinski definition) is 1. The van der Waals surface area contributed by atoms with E-state index < -0.39 is 17.5 Å². The zero-order valence-corrected chi connectivity index (χ0v) is 13.4. The molecule has 1 saturated heterocycles. The molecule has 0 bridgehead atoms. The van der Waals surface area contributed by atoms with Crippen molar-refractivity contribution in [1.29, 1.82) is 0 Å². The summed E-state index contributed by atoms with van der Waals surface area (Å²) in [6.07, 6.45) is 2.45. The number of nitrogens with zero attached hydrogens (tertiary/aromatic N) is 1. The first-order valence-electron chi connectivity index (χ1n) is 8.15. The lowest BCUT2D eigenvalue weighted by Gasteiger charge is -2.17. The van der Waals surface area contributed by atoms with Crippen LogP contribution in [-0.4, -0.2) is 23.9 Å². The predicted molar refractivity (Wildman–Crippen MR) is 88.5 cm³/mol. The summed E-state index contributed by atoms with van der Waals surface area (Å²) in [5, 5.41) is 2.74. The Morgan fingerprint density at radius 1 is 1.00 bits per heavy atom. The molecule has 3 nitrogen and oxygen atoms in total. The van der Waals surface area contributed by atoms with Gasteiger partial charge >= 0.3 is 0 Å². The lowest BCUT2D eigenvalue weighted by atomic mass is 10.1. The first-order valence-corrected chi connectivity index (χ1v) is 8.15. The summed E-state index contributed by atoms with van der Waals surface area (Å²) < 4.78 is 26.4. The van der Waals surface area contributed by atoms with Crippen molar-refractivity contribution in [1.82, 2.24) is 10.2 Å². The van der Waals surface area contributed by atoms with Crippen molar-refractivity contribution in [2.45, 2.75) is 25.9 Å². The van der Waals surface area contributed by atoms with Crippen LogP contribution in [0.3, 0.4) is 0 Å². The summed E-state index contributed by atoms with van der Waals surface area (Å²) in [4.78, 5) is 14.5. The number of rotatable bonds is 5. The molecular formula is C19H20F2N2O. The zero-order valence-electron chi connectivity index (χ0n) is 13.4. The van der Waals surface area contributed by atoms with E-state index in [0.29, 0.717) is 6.54 Å². The molecule has 0 aromatic heterocycles. The summed E-state index contributed by atoms with van der Waals surface area (Å²) in [7, 11) is 0. The summed E-state index contributed by atoms with van der Waals surface area (Å²) in [6.45, 7) is 3.40. The van der Waals surface area contributed by atoms with Gasteiger partial charge < -0.3 is 5.32 Å². The fraction of sp³-hybridized carbons (Fsp3) is 0.316. The molecule has 5 heteroatoms. The number of nitrogens with one attached hydrogen (secondary N) is 1. The standard InChI is InChI=1S/C19H20F2N2O/c20-17-9-16(10-18(21)11-17)19(24)22-12-14-5-1-2-6-15(14)13-23-7-3-4-8-23/h1-2,5-6,9-11H,3-4,7-8,12-13H2,(H,22,24). The summed E-state index contributed by atoms with van der Waals surface area (Å²) in [6, 6.07) is 10.8. The monoisotopic (exact) mass is 330 g/mol. The Bertz CT molecular complexity index is 707. The van der Waals surface area contributed by atoms with Gasteiger partial charge in [0.15, 0.2) is 0 Å². The van der Waals surface area contributed by atoms with Crippen LogP contribution < -0.4 is 5.32 Å². The predicted octanol–water partition coefficient (Wildman–Crippen LogP) is 3.49. The summed E-state index contributed by atoms with van der Waals surface area (Å²) >= 11 is 0. The van der Waals surface area contributed by atoms with Crippen molar-refractivity contribution in [3.63, 3.8) is 0 Å². The molecule has 0 unspecified atom stereocenters. The molecule has 3 rings (SSSR count). The van der Waals surface area contributed by atoms with E-state index in [-0.39, 0.29) is 5.56 Å². The number of likely N-dealkylation sites (tertiary alicyclic amines) is 1. The van der Waals surface area contributed by atoms with E-state index in [1.807, 2.05) is 18.2 Å². The van der Waals surface area contributed by atoms with Gasteiger partial charge in [0.1, 0.15) is 11.6 Å². The molecule has 1 aliphatic rings. The molecule has 1 aliphatic heterocycles. The molecule has 126 valence electrons. The second kappa shape index (κ2) is 7.53. The van der Waals surface area contributed by atoms with Crippen LogP contribution in [0.5, 0.6) is 0 Å². The van der Waals surface area contributed by atoms with Crippen molar-refractivity contribution in [2.75, 3.05) is 13.1 Å². The van der Waals surface area contributed by atoms with E-state index in [9.17, 15) is 13.6 Å². The first-order chi connectivity index (χ1) is 11.6. The lowest BCUT2D eigenvalue weighted by molar-refractivity contribution is 0.0950. The lowest BCUT2D eigenvalue weighted by Crippen LogP contribution is -2.25. The average Bonchev–Trinajstić information content (AvgIpc) is 3.06. The highest BCUT2D eigenvalue weighted by molar-refractivity contribution is 5.94. The Morgan fingerprint density at radius 2 is 1.62 bits per heavy atom. The molecule has 1 N–H and O–H groups in total. The Hall–Kier alpha value is -2.27. The highest BCUT2D eigenvalue weighted by Gasteiger charge is 2.14. The molecule has 0 atom stereocenters. The van der Waals surface area contributed by atoms with Gasteiger partial charge in [-0.15, -0.1) is 0 Å². The maximum absolute atomic E-state index is 13.2. The van der Waals surface area contributed by atoms with Gasteiger partial charge in [0, 0.05) is 24.7 Å². The van der Waals surface area contributed by atoms with Crippen molar-refractivity contribution >= 4 is 5.91 Å². The molecule has 0 aliphatic carbocycles. The van der Waals surface area contributed by atoms with Gasteiger partial charge in [-0.1, -0.05) is 24.3 Å². The molecule has 1 fully saturated rings. The third-order valence-electron chi connectivity index (χ3n) is 4.28. The molecule has 2 aromatic carbocycles. The van der Waals surface area contributed by atoms with Crippen LogP contribution in [0.1, 0.15) is 34.3 Å². The Balaban J connectivity index is 1.66. The van der Waals surface area contributed by atoms with Crippen LogP contribution in [0.2, 0.25) is 0 Å². The topological polar surface area (TPSA) is 32.3 Å². The molecule has 0 radical (unpaired) electrons. The molecule has 1 amide bonds. The molecule has 2 aromatic rings. The van der Waals surface area contributed by atoms with E-state index in [0.717, 1.165) is 43.4 Å². The molecule has 1 heterocycles. The van der Waals surface area contributed by atoms with Crippen LogP contribution in [0.25, 0.3) is 0 Å².